The van der Waals surface area contributed by atoms with Crippen LogP contribution in [0.15, 0.2) is 23.0 Å². The minimum atomic E-state index is -0.474. The molecule has 0 saturated carbocycles. The quantitative estimate of drug-likeness (QED) is 0.773. The van der Waals surface area contributed by atoms with Crippen LogP contribution in [0, 0.1) is 0 Å². The summed E-state index contributed by atoms with van der Waals surface area (Å²) >= 11 is 0. The van der Waals surface area contributed by atoms with Crippen molar-refractivity contribution < 1.29 is 9.53 Å². The number of aromatic amines is 2. The van der Waals surface area contributed by atoms with Crippen LogP contribution in [0.1, 0.15) is 32.4 Å². The van der Waals surface area contributed by atoms with E-state index in [1.165, 1.54) is 0 Å². The van der Waals surface area contributed by atoms with Gasteiger partial charge in [-0.1, -0.05) is 6.07 Å². The molecule has 108 valence electrons. The molecule has 6 nitrogen and oxygen atoms in total. The van der Waals surface area contributed by atoms with Gasteiger partial charge in [0.05, 0.1) is 17.1 Å². The number of rotatable bonds is 5. The van der Waals surface area contributed by atoms with Gasteiger partial charge in [-0.3, -0.25) is 4.79 Å². The Hall–Kier alpha value is -2.08. The van der Waals surface area contributed by atoms with Gasteiger partial charge in [-0.05, 0) is 38.5 Å². The Morgan fingerprint density at radius 1 is 1.30 bits per heavy atom. The molecule has 0 saturated heterocycles. The number of amides is 1. The number of hydrogen-bond donors (Lipinski definition) is 3. The van der Waals surface area contributed by atoms with Crippen LogP contribution in [0.25, 0.3) is 11.0 Å². The fourth-order valence-corrected chi connectivity index (χ4v) is 2.06. The summed E-state index contributed by atoms with van der Waals surface area (Å²) in [4.78, 5) is 28.5. The van der Waals surface area contributed by atoms with Crippen molar-refractivity contribution in [3.63, 3.8) is 0 Å². The predicted octanol–water partition coefficient (Wildman–Crippen LogP) is 1.46. The van der Waals surface area contributed by atoms with E-state index in [1.54, 1.807) is 6.92 Å². The highest BCUT2D eigenvalue weighted by Crippen LogP contribution is 2.17. The third-order valence-electron chi connectivity index (χ3n) is 3.18. The van der Waals surface area contributed by atoms with Crippen molar-refractivity contribution in [1.29, 1.82) is 0 Å². The molecule has 2 unspecified atom stereocenters. The van der Waals surface area contributed by atoms with Crippen molar-refractivity contribution in [2.24, 2.45) is 0 Å². The minimum absolute atomic E-state index is 0.151. The summed E-state index contributed by atoms with van der Waals surface area (Å²) < 4.78 is 5.25. The Bertz CT molecular complexity index is 659. The van der Waals surface area contributed by atoms with Crippen molar-refractivity contribution in [3.8, 4) is 0 Å². The SMILES string of the molecule is CCOC(C)C(=O)NC(C)c1ccc2[nH]c(=O)[nH]c2c1. The summed E-state index contributed by atoms with van der Waals surface area (Å²) in [6.45, 7) is 5.96. The van der Waals surface area contributed by atoms with E-state index < -0.39 is 6.10 Å². The first-order chi connectivity index (χ1) is 9.51. The second-order valence-corrected chi connectivity index (χ2v) is 4.71. The Labute approximate surface area is 116 Å². The smallest absolute Gasteiger partial charge is 0.323 e. The van der Waals surface area contributed by atoms with Crippen LogP contribution in [0.4, 0.5) is 0 Å². The Morgan fingerprint density at radius 3 is 2.70 bits per heavy atom. The molecule has 20 heavy (non-hydrogen) atoms. The maximum absolute atomic E-state index is 11.9. The predicted molar refractivity (Wildman–Crippen MR) is 76.6 cm³/mol. The van der Waals surface area contributed by atoms with Gasteiger partial charge in [0.1, 0.15) is 6.10 Å². The van der Waals surface area contributed by atoms with Crippen molar-refractivity contribution in [1.82, 2.24) is 15.3 Å². The lowest BCUT2D eigenvalue weighted by Crippen LogP contribution is -2.36. The molecule has 2 atom stereocenters. The minimum Gasteiger partial charge on any atom is -0.369 e. The molecule has 0 aliphatic rings. The fourth-order valence-electron chi connectivity index (χ4n) is 2.06. The van der Waals surface area contributed by atoms with Gasteiger partial charge >= 0.3 is 5.69 Å². The number of fused-ring (bicyclic) bond motifs is 1. The maximum Gasteiger partial charge on any atom is 0.323 e. The zero-order valence-electron chi connectivity index (χ0n) is 11.8. The Morgan fingerprint density at radius 2 is 2.00 bits per heavy atom. The van der Waals surface area contributed by atoms with Gasteiger partial charge in [-0.25, -0.2) is 4.79 Å². The first-order valence-corrected chi connectivity index (χ1v) is 6.65. The zero-order valence-corrected chi connectivity index (χ0v) is 11.8. The van der Waals surface area contributed by atoms with Crippen LogP contribution in [0.5, 0.6) is 0 Å². The second kappa shape index (κ2) is 5.92. The lowest BCUT2D eigenvalue weighted by atomic mass is 10.1. The molecule has 2 aromatic rings. The average Bonchev–Trinajstić information content (AvgIpc) is 2.77. The number of H-pyrrole nitrogens is 2. The molecule has 1 heterocycles. The Kier molecular flexibility index (Phi) is 4.24. The number of nitrogens with one attached hydrogen (secondary N) is 3. The normalized spacial score (nSPS) is 14.2. The van der Waals surface area contributed by atoms with Gasteiger partial charge in [0.15, 0.2) is 0 Å². The molecule has 1 aromatic carbocycles. The van der Waals surface area contributed by atoms with Crippen molar-refractivity contribution in [2.45, 2.75) is 32.9 Å². The van der Waals surface area contributed by atoms with E-state index in [0.29, 0.717) is 6.61 Å². The zero-order chi connectivity index (χ0) is 14.7. The van der Waals surface area contributed by atoms with Crippen LogP contribution < -0.4 is 11.0 Å². The molecule has 1 aromatic heterocycles. The average molecular weight is 277 g/mol. The topological polar surface area (TPSA) is 87.0 Å². The number of benzene rings is 1. The Balaban J connectivity index is 2.12. The van der Waals surface area contributed by atoms with Crippen LogP contribution in [0.3, 0.4) is 0 Å². The van der Waals surface area contributed by atoms with Crippen molar-refractivity contribution in [3.05, 3.63) is 34.2 Å². The van der Waals surface area contributed by atoms with Crippen LogP contribution >= 0.6 is 0 Å². The summed E-state index contributed by atoms with van der Waals surface area (Å²) in [6, 6.07) is 5.39. The third kappa shape index (κ3) is 3.08. The number of carbonyl (C=O) groups is 1. The number of aromatic nitrogens is 2. The van der Waals surface area contributed by atoms with Gasteiger partial charge in [0, 0.05) is 6.61 Å². The lowest BCUT2D eigenvalue weighted by molar-refractivity contribution is -0.132. The molecule has 0 bridgehead atoms. The van der Waals surface area contributed by atoms with E-state index in [4.69, 9.17) is 4.74 Å². The summed E-state index contributed by atoms with van der Waals surface area (Å²) in [5.41, 5.74) is 2.16. The molecule has 1 amide bonds. The molecule has 6 heteroatoms. The molecule has 0 spiro atoms. The first-order valence-electron chi connectivity index (χ1n) is 6.65. The number of imidazole rings is 1. The molecule has 0 radical (unpaired) electrons. The van der Waals surface area contributed by atoms with Gasteiger partial charge in [-0.2, -0.15) is 0 Å². The molecule has 0 fully saturated rings. The van der Waals surface area contributed by atoms with Gasteiger partial charge < -0.3 is 20.0 Å². The first kappa shape index (κ1) is 14.3. The maximum atomic E-state index is 11.9. The highest BCUT2D eigenvalue weighted by molar-refractivity contribution is 5.81. The lowest BCUT2D eigenvalue weighted by Gasteiger charge is -2.18. The van der Waals surface area contributed by atoms with E-state index in [-0.39, 0.29) is 17.6 Å². The van der Waals surface area contributed by atoms with E-state index in [0.717, 1.165) is 16.6 Å². The van der Waals surface area contributed by atoms with Crippen molar-refractivity contribution in [2.75, 3.05) is 6.61 Å². The number of ether oxygens (including phenoxy) is 1. The van der Waals surface area contributed by atoms with Crippen molar-refractivity contribution >= 4 is 16.9 Å². The van der Waals surface area contributed by atoms with Crippen LogP contribution in [-0.4, -0.2) is 28.6 Å². The summed E-state index contributed by atoms with van der Waals surface area (Å²) in [7, 11) is 0. The van der Waals surface area contributed by atoms with E-state index in [9.17, 15) is 9.59 Å². The monoisotopic (exact) mass is 277 g/mol. The van der Waals surface area contributed by atoms with Crippen LogP contribution in [-0.2, 0) is 9.53 Å². The second-order valence-electron chi connectivity index (χ2n) is 4.71. The van der Waals surface area contributed by atoms with Crippen LogP contribution in [0.2, 0.25) is 0 Å². The van der Waals surface area contributed by atoms with Gasteiger partial charge in [0.2, 0.25) is 5.91 Å². The molecular formula is C14H19N3O3. The molecule has 0 aliphatic carbocycles. The van der Waals surface area contributed by atoms with E-state index in [2.05, 4.69) is 15.3 Å². The molecule has 2 rings (SSSR count). The largest absolute Gasteiger partial charge is 0.369 e. The number of hydrogen-bond acceptors (Lipinski definition) is 3. The highest BCUT2D eigenvalue weighted by atomic mass is 16.5. The molecule has 0 aliphatic heterocycles. The summed E-state index contributed by atoms with van der Waals surface area (Å²) in [5, 5.41) is 2.89. The summed E-state index contributed by atoms with van der Waals surface area (Å²) in [6.07, 6.45) is -0.474. The summed E-state index contributed by atoms with van der Waals surface area (Å²) in [5.74, 6) is -0.151. The van der Waals surface area contributed by atoms with E-state index >= 15 is 0 Å². The third-order valence-corrected chi connectivity index (χ3v) is 3.18. The fraction of sp³-hybridized carbons (Fsp3) is 0.429. The van der Waals surface area contributed by atoms with Gasteiger partial charge in [0.25, 0.3) is 0 Å². The highest BCUT2D eigenvalue weighted by Gasteiger charge is 2.16. The molecular weight excluding hydrogens is 258 g/mol. The van der Waals surface area contributed by atoms with Gasteiger partial charge in [-0.15, -0.1) is 0 Å². The van der Waals surface area contributed by atoms with E-state index in [1.807, 2.05) is 32.0 Å². The standard InChI is InChI=1S/C14H19N3O3/c1-4-20-9(3)13(18)15-8(2)10-5-6-11-12(7-10)17-14(19)16-11/h5-9H,4H2,1-3H3,(H,15,18)(H2,16,17,19). The molecule has 3 N–H and O–H groups in total. The number of carbonyl (C=O) groups excluding carboxylic acids is 1.